The molecule has 7 nitrogen and oxygen atoms in total. The standard InChI is InChI=1S/C18H23ClN4O3/c1-10(2)5-14(22-16(24)12-6-13(19)8-20-7-12)18-23-15(9-26-18)17(25)21-11(3)4/h6-11,14H,5H2,1-4H3,(H,21,25)(H,22,24)/t14-/m0/s1. The van der Waals surface area contributed by atoms with Gasteiger partial charge in [0, 0.05) is 18.4 Å². The van der Waals surface area contributed by atoms with Gasteiger partial charge in [0.15, 0.2) is 5.69 Å². The Morgan fingerprint density at radius 2 is 1.88 bits per heavy atom. The van der Waals surface area contributed by atoms with Gasteiger partial charge < -0.3 is 15.1 Å². The number of nitrogens with zero attached hydrogens (tertiary/aromatic N) is 2. The fourth-order valence-corrected chi connectivity index (χ4v) is 2.53. The maximum atomic E-state index is 12.5. The summed E-state index contributed by atoms with van der Waals surface area (Å²) in [5.41, 5.74) is 0.525. The zero-order valence-corrected chi connectivity index (χ0v) is 16.0. The van der Waals surface area contributed by atoms with Crippen molar-refractivity contribution in [1.29, 1.82) is 0 Å². The van der Waals surface area contributed by atoms with Gasteiger partial charge in [0.2, 0.25) is 5.89 Å². The van der Waals surface area contributed by atoms with Crippen molar-refractivity contribution in [1.82, 2.24) is 20.6 Å². The summed E-state index contributed by atoms with van der Waals surface area (Å²) in [5, 5.41) is 6.01. The van der Waals surface area contributed by atoms with Crippen molar-refractivity contribution in [3.63, 3.8) is 0 Å². The number of carbonyl (C=O) groups is 2. The van der Waals surface area contributed by atoms with Crippen LogP contribution in [-0.4, -0.2) is 27.8 Å². The van der Waals surface area contributed by atoms with Crippen molar-refractivity contribution in [2.75, 3.05) is 0 Å². The van der Waals surface area contributed by atoms with Crippen LogP contribution in [0.3, 0.4) is 0 Å². The van der Waals surface area contributed by atoms with E-state index in [1.54, 1.807) is 0 Å². The highest BCUT2D eigenvalue weighted by atomic mass is 35.5. The molecule has 2 N–H and O–H groups in total. The number of halogens is 1. The number of oxazole rings is 1. The Balaban J connectivity index is 2.18. The predicted molar refractivity (Wildman–Crippen MR) is 98.0 cm³/mol. The van der Waals surface area contributed by atoms with Crippen LogP contribution in [0.4, 0.5) is 0 Å². The van der Waals surface area contributed by atoms with Gasteiger partial charge in [-0.2, -0.15) is 0 Å². The monoisotopic (exact) mass is 378 g/mol. The van der Waals surface area contributed by atoms with Crippen molar-refractivity contribution < 1.29 is 14.0 Å². The second-order valence-corrected chi connectivity index (χ2v) is 7.18. The number of rotatable bonds is 7. The van der Waals surface area contributed by atoms with Crippen LogP contribution >= 0.6 is 11.6 Å². The molecular weight excluding hydrogens is 356 g/mol. The van der Waals surface area contributed by atoms with Crippen LogP contribution in [0.2, 0.25) is 5.02 Å². The van der Waals surface area contributed by atoms with Crippen LogP contribution in [0.5, 0.6) is 0 Å². The molecule has 26 heavy (non-hydrogen) atoms. The molecule has 1 atom stereocenters. The first kappa shape index (κ1) is 19.9. The maximum Gasteiger partial charge on any atom is 0.273 e. The Bertz CT molecular complexity index is 773. The summed E-state index contributed by atoms with van der Waals surface area (Å²) in [6, 6.07) is 1.05. The molecule has 2 amide bonds. The molecule has 2 heterocycles. The molecule has 0 radical (unpaired) electrons. The number of pyridine rings is 1. The Morgan fingerprint density at radius 3 is 2.50 bits per heavy atom. The minimum atomic E-state index is -0.470. The molecule has 8 heteroatoms. The Labute approximate surface area is 157 Å². The number of nitrogens with one attached hydrogen (secondary N) is 2. The summed E-state index contributed by atoms with van der Waals surface area (Å²) in [7, 11) is 0. The minimum absolute atomic E-state index is 0.0101. The van der Waals surface area contributed by atoms with Crippen molar-refractivity contribution in [2.24, 2.45) is 5.92 Å². The summed E-state index contributed by atoms with van der Waals surface area (Å²) in [6.45, 7) is 7.77. The lowest BCUT2D eigenvalue weighted by atomic mass is 10.0. The van der Waals surface area contributed by atoms with Crippen LogP contribution < -0.4 is 10.6 Å². The summed E-state index contributed by atoms with van der Waals surface area (Å²) < 4.78 is 5.46. The Morgan fingerprint density at radius 1 is 1.15 bits per heavy atom. The van der Waals surface area contributed by atoms with Crippen LogP contribution in [-0.2, 0) is 0 Å². The maximum absolute atomic E-state index is 12.5. The molecule has 0 aliphatic carbocycles. The fourth-order valence-electron chi connectivity index (χ4n) is 2.36. The van der Waals surface area contributed by atoms with Crippen LogP contribution in [0.25, 0.3) is 0 Å². The van der Waals surface area contributed by atoms with Crippen molar-refractivity contribution in [3.8, 4) is 0 Å². The number of amides is 2. The van der Waals surface area contributed by atoms with E-state index < -0.39 is 6.04 Å². The number of carbonyl (C=O) groups excluding carboxylic acids is 2. The van der Waals surface area contributed by atoms with E-state index in [9.17, 15) is 9.59 Å². The molecule has 0 saturated heterocycles. The van der Waals surface area contributed by atoms with Crippen molar-refractivity contribution >= 4 is 23.4 Å². The molecule has 0 saturated carbocycles. The minimum Gasteiger partial charge on any atom is -0.446 e. The molecule has 2 aromatic heterocycles. The average Bonchev–Trinajstić information content (AvgIpc) is 3.03. The highest BCUT2D eigenvalue weighted by molar-refractivity contribution is 6.30. The van der Waals surface area contributed by atoms with Gasteiger partial charge in [0.1, 0.15) is 12.3 Å². The highest BCUT2D eigenvalue weighted by Crippen LogP contribution is 2.22. The molecule has 0 aromatic carbocycles. The van der Waals surface area contributed by atoms with Gasteiger partial charge >= 0.3 is 0 Å². The van der Waals surface area contributed by atoms with E-state index in [0.717, 1.165) is 0 Å². The topological polar surface area (TPSA) is 97.1 Å². The van der Waals surface area contributed by atoms with Crippen LogP contribution in [0.15, 0.2) is 29.1 Å². The third kappa shape index (κ3) is 5.56. The molecule has 0 bridgehead atoms. The molecule has 0 aliphatic rings. The first-order chi connectivity index (χ1) is 12.3. The van der Waals surface area contributed by atoms with Gasteiger partial charge in [-0.3, -0.25) is 14.6 Å². The molecule has 0 spiro atoms. The van der Waals surface area contributed by atoms with Gasteiger partial charge in [-0.1, -0.05) is 25.4 Å². The lowest BCUT2D eigenvalue weighted by Gasteiger charge is -2.17. The van der Waals surface area contributed by atoms with E-state index in [0.29, 0.717) is 17.0 Å². The molecule has 0 aliphatic heterocycles. The van der Waals surface area contributed by atoms with E-state index in [-0.39, 0.29) is 35.4 Å². The number of hydrogen-bond donors (Lipinski definition) is 2. The van der Waals surface area contributed by atoms with Crippen LogP contribution in [0, 0.1) is 5.92 Å². The van der Waals surface area contributed by atoms with Gasteiger partial charge in [-0.15, -0.1) is 0 Å². The van der Waals surface area contributed by atoms with E-state index in [4.69, 9.17) is 16.0 Å². The Hall–Kier alpha value is -2.41. The third-order valence-corrected chi connectivity index (χ3v) is 3.66. The molecule has 0 fully saturated rings. The van der Waals surface area contributed by atoms with Crippen molar-refractivity contribution in [2.45, 2.75) is 46.2 Å². The van der Waals surface area contributed by atoms with Crippen molar-refractivity contribution in [3.05, 3.63) is 46.9 Å². The Kier molecular flexibility index (Phi) is 6.74. The third-order valence-electron chi connectivity index (χ3n) is 3.45. The molecule has 0 unspecified atom stereocenters. The summed E-state index contributed by atoms with van der Waals surface area (Å²) in [6.07, 6.45) is 4.79. The van der Waals surface area contributed by atoms with Gasteiger partial charge in [-0.05, 0) is 32.3 Å². The lowest BCUT2D eigenvalue weighted by molar-refractivity contribution is 0.0922. The first-order valence-electron chi connectivity index (χ1n) is 8.44. The number of hydrogen-bond acceptors (Lipinski definition) is 5. The van der Waals surface area contributed by atoms with Crippen LogP contribution in [0.1, 0.15) is 66.9 Å². The molecular formula is C18H23ClN4O3. The summed E-state index contributed by atoms with van der Waals surface area (Å²) in [4.78, 5) is 32.7. The largest absolute Gasteiger partial charge is 0.446 e. The van der Waals surface area contributed by atoms with E-state index >= 15 is 0 Å². The molecule has 2 aromatic rings. The zero-order valence-electron chi connectivity index (χ0n) is 15.2. The SMILES string of the molecule is CC(C)C[C@H](NC(=O)c1cncc(Cl)c1)c1nc(C(=O)NC(C)C)co1. The average molecular weight is 379 g/mol. The van der Waals surface area contributed by atoms with E-state index in [1.165, 1.54) is 24.7 Å². The highest BCUT2D eigenvalue weighted by Gasteiger charge is 2.24. The smallest absolute Gasteiger partial charge is 0.273 e. The molecule has 140 valence electrons. The van der Waals surface area contributed by atoms with Gasteiger partial charge in [0.25, 0.3) is 11.8 Å². The van der Waals surface area contributed by atoms with E-state index in [2.05, 4.69) is 20.6 Å². The first-order valence-corrected chi connectivity index (χ1v) is 8.81. The van der Waals surface area contributed by atoms with Gasteiger partial charge in [0.05, 0.1) is 10.6 Å². The van der Waals surface area contributed by atoms with Gasteiger partial charge in [-0.25, -0.2) is 4.98 Å². The summed E-state index contributed by atoms with van der Waals surface area (Å²) in [5.74, 6) is -0.0886. The fraction of sp³-hybridized carbons (Fsp3) is 0.444. The second-order valence-electron chi connectivity index (χ2n) is 6.75. The normalized spacial score (nSPS) is 12.3. The summed E-state index contributed by atoms with van der Waals surface area (Å²) >= 11 is 5.89. The lowest BCUT2D eigenvalue weighted by Crippen LogP contribution is -2.31. The number of aromatic nitrogens is 2. The van der Waals surface area contributed by atoms with E-state index in [1.807, 2.05) is 27.7 Å². The second kappa shape index (κ2) is 8.80. The quantitative estimate of drug-likeness (QED) is 0.769. The zero-order chi connectivity index (χ0) is 19.3. The molecule has 2 rings (SSSR count). The predicted octanol–water partition coefficient (Wildman–Crippen LogP) is 3.38.